The van der Waals surface area contributed by atoms with Crippen LogP contribution < -0.4 is 5.73 Å². The van der Waals surface area contributed by atoms with Crippen LogP contribution in [0.1, 0.15) is 37.9 Å². The smallest absolute Gasteiger partial charge is 0.248 e. The van der Waals surface area contributed by atoms with E-state index in [4.69, 9.17) is 10.5 Å². The second-order valence-corrected chi connectivity index (χ2v) is 5.54. The Balaban J connectivity index is 1.64. The molecule has 4 rings (SSSR count). The van der Waals surface area contributed by atoms with Crippen LogP contribution in [0.2, 0.25) is 0 Å². The Bertz CT molecular complexity index is 766. The third-order valence-corrected chi connectivity index (χ3v) is 4.29. The number of epoxide rings is 1. The van der Waals surface area contributed by atoms with Crippen molar-refractivity contribution in [3.63, 3.8) is 0 Å². The van der Waals surface area contributed by atoms with Gasteiger partial charge in [-0.25, -0.2) is 0 Å². The predicted octanol–water partition coefficient (Wildman–Crippen LogP) is 2.03. The zero-order chi connectivity index (χ0) is 14.6. The van der Waals surface area contributed by atoms with Gasteiger partial charge in [0, 0.05) is 17.5 Å². The Morgan fingerprint density at radius 2 is 1.86 bits per heavy atom. The van der Waals surface area contributed by atoms with E-state index in [1.165, 1.54) is 0 Å². The largest absolute Gasteiger partial charge is 0.366 e. The van der Waals surface area contributed by atoms with Gasteiger partial charge in [-0.15, -0.1) is 0 Å². The molecule has 1 aliphatic carbocycles. The normalized spacial score (nSPS) is 25.9. The summed E-state index contributed by atoms with van der Waals surface area (Å²) in [5, 5.41) is 0. The van der Waals surface area contributed by atoms with Crippen molar-refractivity contribution in [1.29, 1.82) is 0 Å². The molecule has 1 spiro atoms. The molecule has 0 saturated carbocycles. The van der Waals surface area contributed by atoms with Crippen molar-refractivity contribution in [3.05, 3.63) is 70.8 Å². The number of hydrogen-bond donors (Lipinski definition) is 1. The van der Waals surface area contributed by atoms with Gasteiger partial charge in [0.2, 0.25) is 5.91 Å². The van der Waals surface area contributed by atoms with Crippen molar-refractivity contribution >= 4 is 11.7 Å². The highest BCUT2D eigenvalue weighted by Crippen LogP contribution is 2.56. The Hall–Kier alpha value is -2.46. The number of Topliss-reactive ketones (excluding diaryl/α,β-unsaturated/α-hetero) is 1. The predicted molar refractivity (Wildman–Crippen MR) is 76.0 cm³/mol. The van der Waals surface area contributed by atoms with Gasteiger partial charge in [0.1, 0.15) is 6.10 Å². The topological polar surface area (TPSA) is 72.7 Å². The summed E-state index contributed by atoms with van der Waals surface area (Å²) in [6.07, 6.45) is 0.379. The van der Waals surface area contributed by atoms with E-state index in [1.807, 2.05) is 24.3 Å². The van der Waals surface area contributed by atoms with Crippen LogP contribution in [0.3, 0.4) is 0 Å². The van der Waals surface area contributed by atoms with Gasteiger partial charge in [0.05, 0.1) is 0 Å². The van der Waals surface area contributed by atoms with E-state index in [2.05, 4.69) is 0 Å². The molecular weight excluding hydrogens is 266 g/mol. The number of fused-ring (bicyclic) bond motifs is 1. The molecule has 0 radical (unpaired) electrons. The van der Waals surface area contributed by atoms with Crippen LogP contribution in [0.15, 0.2) is 48.5 Å². The van der Waals surface area contributed by atoms with Crippen molar-refractivity contribution in [1.82, 2.24) is 0 Å². The Kier molecular flexibility index (Phi) is 2.35. The molecule has 2 aromatic rings. The standard InChI is InChI=1S/C17H13NO3/c18-16(20)11-7-5-10(6-8-11)15-17(21-15)9-12-3-1-2-4-13(12)14(17)19/h1-8,15H,9H2,(H2,18,20)/t15-,17-/m1/s1. The minimum absolute atomic E-state index is 0.0575. The average Bonchev–Trinajstić information content (AvgIpc) is 3.15. The number of primary amides is 1. The number of benzene rings is 2. The molecule has 2 N–H and O–H groups in total. The minimum atomic E-state index is -0.738. The van der Waals surface area contributed by atoms with Gasteiger partial charge < -0.3 is 10.5 Å². The molecule has 0 aromatic heterocycles. The van der Waals surface area contributed by atoms with E-state index >= 15 is 0 Å². The maximum absolute atomic E-state index is 12.5. The van der Waals surface area contributed by atoms with Gasteiger partial charge in [-0.1, -0.05) is 36.4 Å². The summed E-state index contributed by atoms with van der Waals surface area (Å²) in [6, 6.07) is 14.6. The summed E-state index contributed by atoms with van der Waals surface area (Å²) in [7, 11) is 0. The number of rotatable bonds is 2. The molecule has 2 aliphatic rings. The number of carbonyl (C=O) groups is 2. The quantitative estimate of drug-likeness (QED) is 0.855. The number of ketones is 1. The summed E-state index contributed by atoms with van der Waals surface area (Å²) >= 11 is 0. The van der Waals surface area contributed by atoms with Crippen molar-refractivity contribution in [3.8, 4) is 0 Å². The average molecular weight is 279 g/mol. The summed E-state index contributed by atoms with van der Waals surface area (Å²) in [5.74, 6) is -0.403. The van der Waals surface area contributed by atoms with Gasteiger partial charge in [-0.3, -0.25) is 9.59 Å². The van der Waals surface area contributed by atoms with Gasteiger partial charge in [0.25, 0.3) is 0 Å². The highest BCUT2D eigenvalue weighted by Gasteiger charge is 2.65. The van der Waals surface area contributed by atoms with Crippen LogP contribution in [0.4, 0.5) is 0 Å². The molecular formula is C17H13NO3. The van der Waals surface area contributed by atoms with Crippen molar-refractivity contribution in [2.75, 3.05) is 0 Å². The van der Waals surface area contributed by atoms with Crippen molar-refractivity contribution in [2.24, 2.45) is 5.73 Å². The molecule has 1 aliphatic heterocycles. The lowest BCUT2D eigenvalue weighted by molar-refractivity contribution is 0.0893. The molecule has 1 fully saturated rings. The highest BCUT2D eigenvalue weighted by molar-refractivity contribution is 6.09. The minimum Gasteiger partial charge on any atom is -0.366 e. The summed E-state index contributed by atoms with van der Waals surface area (Å²) in [4.78, 5) is 23.6. The van der Waals surface area contributed by atoms with Gasteiger partial charge in [0.15, 0.2) is 11.4 Å². The monoisotopic (exact) mass is 279 g/mol. The van der Waals surface area contributed by atoms with Gasteiger partial charge in [-0.2, -0.15) is 0 Å². The summed E-state index contributed by atoms with van der Waals surface area (Å²) < 4.78 is 5.78. The molecule has 4 heteroatoms. The van der Waals surface area contributed by atoms with Gasteiger partial charge in [-0.05, 0) is 23.3 Å². The molecule has 1 amide bonds. The van der Waals surface area contributed by atoms with E-state index in [1.54, 1.807) is 24.3 Å². The zero-order valence-corrected chi connectivity index (χ0v) is 11.2. The lowest BCUT2D eigenvalue weighted by Crippen LogP contribution is -2.20. The van der Waals surface area contributed by atoms with Crippen molar-refractivity contribution < 1.29 is 14.3 Å². The first-order chi connectivity index (χ1) is 10.1. The fraction of sp³-hybridized carbons (Fsp3) is 0.176. The number of nitrogens with two attached hydrogens (primary N) is 1. The summed E-state index contributed by atoms with van der Waals surface area (Å²) in [6.45, 7) is 0. The molecule has 4 nitrogen and oxygen atoms in total. The van der Waals surface area contributed by atoms with E-state index in [0.717, 1.165) is 16.7 Å². The molecule has 0 unspecified atom stereocenters. The van der Waals surface area contributed by atoms with E-state index in [0.29, 0.717) is 12.0 Å². The molecule has 2 aromatic carbocycles. The first-order valence-electron chi connectivity index (χ1n) is 6.82. The maximum atomic E-state index is 12.5. The lowest BCUT2D eigenvalue weighted by Gasteiger charge is -2.02. The first-order valence-corrected chi connectivity index (χ1v) is 6.82. The highest BCUT2D eigenvalue weighted by atomic mass is 16.6. The molecule has 0 bridgehead atoms. The maximum Gasteiger partial charge on any atom is 0.248 e. The fourth-order valence-corrected chi connectivity index (χ4v) is 3.13. The van der Waals surface area contributed by atoms with Crippen LogP contribution in [0.25, 0.3) is 0 Å². The molecule has 21 heavy (non-hydrogen) atoms. The van der Waals surface area contributed by atoms with E-state index < -0.39 is 11.5 Å². The third-order valence-electron chi connectivity index (χ3n) is 4.29. The fourth-order valence-electron chi connectivity index (χ4n) is 3.13. The van der Waals surface area contributed by atoms with Crippen molar-refractivity contribution in [2.45, 2.75) is 18.1 Å². The molecule has 1 heterocycles. The number of amides is 1. The Morgan fingerprint density at radius 3 is 2.52 bits per heavy atom. The van der Waals surface area contributed by atoms with Crippen LogP contribution in [-0.2, 0) is 11.2 Å². The van der Waals surface area contributed by atoms with E-state index in [9.17, 15) is 9.59 Å². The Morgan fingerprint density at radius 1 is 1.14 bits per heavy atom. The zero-order valence-electron chi connectivity index (χ0n) is 11.2. The number of hydrogen-bond acceptors (Lipinski definition) is 3. The lowest BCUT2D eigenvalue weighted by atomic mass is 9.95. The van der Waals surface area contributed by atoms with Crippen LogP contribution >= 0.6 is 0 Å². The second kappa shape index (κ2) is 4.02. The van der Waals surface area contributed by atoms with Gasteiger partial charge >= 0.3 is 0 Å². The Labute approximate surface area is 121 Å². The molecule has 104 valence electrons. The third kappa shape index (κ3) is 1.66. The SMILES string of the molecule is NC(=O)c1ccc([C@H]2O[C@@]23Cc2ccccc2C3=O)cc1. The molecule has 1 saturated heterocycles. The second-order valence-electron chi connectivity index (χ2n) is 5.54. The van der Waals surface area contributed by atoms with Crippen LogP contribution in [0.5, 0.6) is 0 Å². The van der Waals surface area contributed by atoms with Crippen LogP contribution in [0, 0.1) is 0 Å². The molecule has 2 atom stereocenters. The first kappa shape index (κ1) is 12.3. The number of ether oxygens (including phenoxy) is 1. The number of carbonyl (C=O) groups excluding carboxylic acids is 2. The van der Waals surface area contributed by atoms with Crippen LogP contribution in [-0.4, -0.2) is 17.3 Å². The summed E-state index contributed by atoms with van der Waals surface area (Å²) in [5.41, 5.74) is 7.64. The van der Waals surface area contributed by atoms with E-state index in [-0.39, 0.29) is 11.9 Å².